The van der Waals surface area contributed by atoms with Crippen molar-refractivity contribution in [1.29, 1.82) is 0 Å². The minimum atomic E-state index is -3.72. The van der Waals surface area contributed by atoms with E-state index in [0.29, 0.717) is 23.5 Å². The van der Waals surface area contributed by atoms with E-state index in [-0.39, 0.29) is 11.3 Å². The maximum atomic E-state index is 12.3. The van der Waals surface area contributed by atoms with Crippen LogP contribution in [-0.4, -0.2) is 36.9 Å². The predicted octanol–water partition coefficient (Wildman–Crippen LogP) is 2.54. The van der Waals surface area contributed by atoms with Crippen LogP contribution in [-0.2, 0) is 10.2 Å². The molecule has 1 aliphatic rings. The summed E-state index contributed by atoms with van der Waals surface area (Å²) in [5, 5.41) is 9.16. The van der Waals surface area contributed by atoms with Crippen LogP contribution in [0.4, 0.5) is 5.69 Å². The van der Waals surface area contributed by atoms with Gasteiger partial charge in [0.25, 0.3) is 0 Å². The molecule has 1 heterocycles. The Labute approximate surface area is 132 Å². The molecular weight excluding hydrogens is 360 g/mol. The lowest BCUT2D eigenvalue weighted by Crippen LogP contribution is -2.41. The second kappa shape index (κ2) is 6.33. The van der Waals surface area contributed by atoms with Gasteiger partial charge in [-0.1, -0.05) is 22.9 Å². The third kappa shape index (κ3) is 3.96. The number of carboxylic acid groups (broad SMARTS) is 1. The first-order valence-corrected chi connectivity index (χ1v) is 8.83. The van der Waals surface area contributed by atoms with Gasteiger partial charge >= 0.3 is 16.2 Å². The highest BCUT2D eigenvalue weighted by Gasteiger charge is 2.27. The topological polar surface area (TPSA) is 86.7 Å². The van der Waals surface area contributed by atoms with Gasteiger partial charge in [-0.3, -0.25) is 4.72 Å². The van der Waals surface area contributed by atoms with E-state index in [1.807, 2.05) is 0 Å². The molecule has 21 heavy (non-hydrogen) atoms. The lowest BCUT2D eigenvalue weighted by Gasteiger charge is -2.29. The van der Waals surface area contributed by atoms with E-state index >= 15 is 0 Å². The standard InChI is InChI=1S/C13H17BrN2O4S/c1-9-4-6-16(7-5-9)21(19,20)15-12-3-2-10(14)8-11(12)13(17)18/h2-3,8-9,15H,4-7H2,1H3,(H,17,18). The van der Waals surface area contributed by atoms with E-state index in [0.717, 1.165) is 12.8 Å². The molecule has 0 atom stereocenters. The number of hydrogen-bond acceptors (Lipinski definition) is 3. The number of aromatic carboxylic acids is 1. The fraction of sp³-hybridized carbons (Fsp3) is 0.462. The van der Waals surface area contributed by atoms with Gasteiger partial charge in [0, 0.05) is 17.6 Å². The van der Waals surface area contributed by atoms with Crippen molar-refractivity contribution in [3.05, 3.63) is 28.2 Å². The van der Waals surface area contributed by atoms with E-state index in [1.165, 1.54) is 16.4 Å². The highest BCUT2D eigenvalue weighted by molar-refractivity contribution is 9.10. The number of rotatable bonds is 4. The molecule has 2 N–H and O–H groups in total. The molecule has 0 unspecified atom stereocenters. The molecule has 0 radical (unpaired) electrons. The first kappa shape index (κ1) is 16.3. The minimum absolute atomic E-state index is 0.0734. The third-order valence-electron chi connectivity index (χ3n) is 3.53. The zero-order chi connectivity index (χ0) is 15.6. The Hall–Kier alpha value is -1.12. The summed E-state index contributed by atoms with van der Waals surface area (Å²) in [5.74, 6) is -0.667. The van der Waals surface area contributed by atoms with Crippen LogP contribution in [0, 0.1) is 5.92 Å². The molecule has 1 fully saturated rings. The van der Waals surface area contributed by atoms with Crippen LogP contribution < -0.4 is 4.72 Å². The van der Waals surface area contributed by atoms with Gasteiger partial charge < -0.3 is 5.11 Å². The molecule has 0 saturated carbocycles. The summed E-state index contributed by atoms with van der Waals surface area (Å²) in [6.07, 6.45) is 1.63. The number of piperidine rings is 1. The zero-order valence-electron chi connectivity index (χ0n) is 11.5. The van der Waals surface area contributed by atoms with Gasteiger partial charge in [0.1, 0.15) is 0 Å². The zero-order valence-corrected chi connectivity index (χ0v) is 13.9. The normalized spacial score (nSPS) is 17.6. The van der Waals surface area contributed by atoms with E-state index in [2.05, 4.69) is 27.6 Å². The molecule has 0 spiro atoms. The maximum absolute atomic E-state index is 12.3. The molecule has 0 bridgehead atoms. The number of nitrogens with zero attached hydrogens (tertiary/aromatic N) is 1. The molecule has 2 rings (SSSR count). The van der Waals surface area contributed by atoms with E-state index in [1.54, 1.807) is 6.07 Å². The van der Waals surface area contributed by atoms with Crippen LogP contribution >= 0.6 is 15.9 Å². The van der Waals surface area contributed by atoms with Crippen molar-refractivity contribution >= 4 is 37.8 Å². The number of hydrogen-bond donors (Lipinski definition) is 2. The number of carbonyl (C=O) groups is 1. The largest absolute Gasteiger partial charge is 0.478 e. The highest BCUT2D eigenvalue weighted by Crippen LogP contribution is 2.24. The van der Waals surface area contributed by atoms with Crippen molar-refractivity contribution in [2.45, 2.75) is 19.8 Å². The smallest absolute Gasteiger partial charge is 0.337 e. The molecule has 0 amide bonds. The highest BCUT2D eigenvalue weighted by atomic mass is 79.9. The summed E-state index contributed by atoms with van der Waals surface area (Å²) in [7, 11) is -3.72. The molecule has 6 nitrogen and oxygen atoms in total. The van der Waals surface area contributed by atoms with Crippen molar-refractivity contribution in [3.63, 3.8) is 0 Å². The Bertz CT molecular complexity index is 640. The average Bonchev–Trinajstić information content (AvgIpc) is 2.41. The minimum Gasteiger partial charge on any atom is -0.478 e. The summed E-state index contributed by atoms with van der Waals surface area (Å²) in [5.41, 5.74) is -0.0114. The first-order chi connectivity index (χ1) is 9.79. The van der Waals surface area contributed by atoms with Crippen molar-refractivity contribution in [2.24, 2.45) is 5.92 Å². The molecular formula is C13H17BrN2O4S. The number of halogens is 1. The fourth-order valence-electron chi connectivity index (χ4n) is 2.21. The first-order valence-electron chi connectivity index (χ1n) is 6.60. The molecule has 116 valence electrons. The monoisotopic (exact) mass is 376 g/mol. The van der Waals surface area contributed by atoms with Crippen LogP contribution in [0.25, 0.3) is 0 Å². The summed E-state index contributed by atoms with van der Waals surface area (Å²) in [6.45, 7) is 3.00. The van der Waals surface area contributed by atoms with Crippen molar-refractivity contribution in [1.82, 2.24) is 4.31 Å². The average molecular weight is 377 g/mol. The summed E-state index contributed by atoms with van der Waals surface area (Å²) >= 11 is 3.18. The molecule has 1 aliphatic heterocycles. The Morgan fingerprint density at radius 2 is 2.00 bits per heavy atom. The molecule has 0 aliphatic carbocycles. The number of anilines is 1. The molecule has 1 aromatic rings. The van der Waals surface area contributed by atoms with Crippen LogP contribution in [0.2, 0.25) is 0 Å². The Kier molecular flexibility index (Phi) is 4.90. The lowest BCUT2D eigenvalue weighted by molar-refractivity contribution is 0.0698. The summed E-state index contributed by atoms with van der Waals surface area (Å²) in [6, 6.07) is 4.42. The predicted molar refractivity (Wildman–Crippen MR) is 83.6 cm³/mol. The Balaban J connectivity index is 2.23. The Morgan fingerprint density at radius 1 is 1.38 bits per heavy atom. The lowest BCUT2D eigenvalue weighted by atomic mass is 10.0. The van der Waals surface area contributed by atoms with Gasteiger partial charge in [-0.15, -0.1) is 0 Å². The maximum Gasteiger partial charge on any atom is 0.337 e. The van der Waals surface area contributed by atoms with Crippen molar-refractivity contribution < 1.29 is 18.3 Å². The van der Waals surface area contributed by atoms with Gasteiger partial charge in [0.05, 0.1) is 11.3 Å². The number of benzene rings is 1. The van der Waals surface area contributed by atoms with Crippen LogP contribution in [0.15, 0.2) is 22.7 Å². The quantitative estimate of drug-likeness (QED) is 0.844. The van der Waals surface area contributed by atoms with Gasteiger partial charge in [0.2, 0.25) is 0 Å². The van der Waals surface area contributed by atoms with Crippen LogP contribution in [0.5, 0.6) is 0 Å². The second-order valence-electron chi connectivity index (χ2n) is 5.18. The molecule has 1 saturated heterocycles. The van der Waals surface area contributed by atoms with Crippen LogP contribution in [0.3, 0.4) is 0 Å². The SMILES string of the molecule is CC1CCN(S(=O)(=O)Nc2ccc(Br)cc2C(=O)O)CC1. The van der Waals surface area contributed by atoms with Crippen molar-refractivity contribution in [2.75, 3.05) is 17.8 Å². The summed E-state index contributed by atoms with van der Waals surface area (Å²) < 4.78 is 29.0. The fourth-order valence-corrected chi connectivity index (χ4v) is 3.85. The van der Waals surface area contributed by atoms with Gasteiger partial charge in [0.15, 0.2) is 0 Å². The molecule has 0 aromatic heterocycles. The number of nitrogens with one attached hydrogen (secondary N) is 1. The van der Waals surface area contributed by atoms with E-state index in [4.69, 9.17) is 5.11 Å². The third-order valence-corrected chi connectivity index (χ3v) is 5.55. The van der Waals surface area contributed by atoms with Crippen molar-refractivity contribution in [3.8, 4) is 0 Å². The van der Waals surface area contributed by atoms with Gasteiger partial charge in [-0.2, -0.15) is 12.7 Å². The van der Waals surface area contributed by atoms with E-state index < -0.39 is 16.2 Å². The molecule has 1 aromatic carbocycles. The summed E-state index contributed by atoms with van der Waals surface area (Å²) in [4.78, 5) is 11.2. The van der Waals surface area contributed by atoms with Gasteiger partial charge in [-0.05, 0) is 37.0 Å². The second-order valence-corrected chi connectivity index (χ2v) is 7.77. The number of carboxylic acids is 1. The van der Waals surface area contributed by atoms with Gasteiger partial charge in [-0.25, -0.2) is 4.79 Å². The Morgan fingerprint density at radius 3 is 2.57 bits per heavy atom. The van der Waals surface area contributed by atoms with E-state index in [9.17, 15) is 13.2 Å². The molecule has 8 heteroatoms. The van der Waals surface area contributed by atoms with Crippen LogP contribution in [0.1, 0.15) is 30.1 Å².